The molecule has 1 aliphatic carbocycles. The Balaban J connectivity index is 0.974. The van der Waals surface area contributed by atoms with Crippen molar-refractivity contribution in [3.05, 3.63) is 63.6 Å². The normalized spacial score (nSPS) is 30.8. The number of nitrogens with one attached hydrogen (secondary N) is 2. The van der Waals surface area contributed by atoms with E-state index in [2.05, 4.69) is 15.5 Å². The highest BCUT2D eigenvalue weighted by Gasteiger charge is 2.45. The van der Waals surface area contributed by atoms with Gasteiger partial charge in [-0.05, 0) is 111 Å². The van der Waals surface area contributed by atoms with E-state index in [9.17, 15) is 9.90 Å². The Morgan fingerprint density at radius 2 is 1.76 bits per heavy atom. The SMILES string of the molecule is O=C(C=Cc1ccc(Cl)c(Cl)c1)NC1CCC(CN2[C@@H]3CC[C@H]2CC([C@@H]2CNc4ccc(O)cc42)C3)CC1. The second-order valence-electron chi connectivity index (χ2n) is 11.8. The fourth-order valence-corrected chi connectivity index (χ4v) is 7.84. The predicted molar refractivity (Wildman–Crippen MR) is 155 cm³/mol. The lowest BCUT2D eigenvalue weighted by Crippen LogP contribution is -2.47. The standard InChI is InChI=1S/C31H37Cl2N3O2/c32-28-10-3-19(13-29(28)33)4-12-31(38)35-22-5-1-20(2-6-22)18-36-23-7-8-24(36)15-21(14-23)27-17-34-30-11-9-25(37)16-26(27)30/h3-4,9-13,16,20-24,27,34,37H,1-2,5-8,14-15,17-18H2,(H,35,38)/t20?,21?,22?,23-,24+,27-/m0/s1. The summed E-state index contributed by atoms with van der Waals surface area (Å²) in [6.07, 6.45) is 13.0. The fraction of sp³-hybridized carbons (Fsp3) is 0.516. The minimum atomic E-state index is -0.0454. The number of hydrogen-bond donors (Lipinski definition) is 3. The first kappa shape index (κ1) is 26.0. The summed E-state index contributed by atoms with van der Waals surface area (Å²) < 4.78 is 0. The molecule has 5 nitrogen and oxygen atoms in total. The van der Waals surface area contributed by atoms with Gasteiger partial charge < -0.3 is 15.7 Å². The summed E-state index contributed by atoms with van der Waals surface area (Å²) in [7, 11) is 0. The quantitative estimate of drug-likeness (QED) is 0.270. The van der Waals surface area contributed by atoms with Crippen LogP contribution < -0.4 is 10.6 Å². The molecule has 2 saturated heterocycles. The third-order valence-electron chi connectivity index (χ3n) is 9.47. The van der Waals surface area contributed by atoms with E-state index in [-0.39, 0.29) is 11.9 Å². The number of phenolic OH excluding ortho intramolecular Hbond substituents is 1. The molecule has 6 rings (SSSR count). The Morgan fingerprint density at radius 3 is 2.50 bits per heavy atom. The maximum Gasteiger partial charge on any atom is 0.244 e. The molecular formula is C31H37Cl2N3O2. The third-order valence-corrected chi connectivity index (χ3v) is 10.2. The van der Waals surface area contributed by atoms with Gasteiger partial charge in [-0.1, -0.05) is 29.3 Å². The Kier molecular flexibility index (Phi) is 7.61. The number of carbonyl (C=O) groups is 1. The van der Waals surface area contributed by atoms with Crippen LogP contribution in [0.1, 0.15) is 68.4 Å². The predicted octanol–water partition coefficient (Wildman–Crippen LogP) is 6.84. The van der Waals surface area contributed by atoms with Crippen LogP contribution >= 0.6 is 23.2 Å². The van der Waals surface area contributed by atoms with E-state index in [4.69, 9.17) is 23.2 Å². The molecule has 4 aliphatic rings. The molecular weight excluding hydrogens is 517 g/mol. The van der Waals surface area contributed by atoms with Gasteiger partial charge in [-0.2, -0.15) is 0 Å². The first-order valence-electron chi connectivity index (χ1n) is 14.2. The highest BCUT2D eigenvalue weighted by Crippen LogP contribution is 2.48. The van der Waals surface area contributed by atoms with Crippen molar-refractivity contribution < 1.29 is 9.90 Å². The molecule has 202 valence electrons. The molecule has 3 aliphatic heterocycles. The molecule has 7 heteroatoms. The van der Waals surface area contributed by atoms with Crippen LogP contribution in [0.4, 0.5) is 5.69 Å². The van der Waals surface area contributed by atoms with Crippen molar-refractivity contribution in [3.8, 4) is 5.75 Å². The lowest BCUT2D eigenvalue weighted by atomic mass is 9.77. The number of nitrogens with zero attached hydrogens (tertiary/aromatic N) is 1. The van der Waals surface area contributed by atoms with E-state index in [1.807, 2.05) is 18.2 Å². The van der Waals surface area contributed by atoms with Crippen molar-refractivity contribution in [1.82, 2.24) is 10.2 Å². The van der Waals surface area contributed by atoms with Gasteiger partial charge >= 0.3 is 0 Å². The maximum atomic E-state index is 12.5. The van der Waals surface area contributed by atoms with E-state index in [0.29, 0.717) is 39.7 Å². The Hall–Kier alpha value is -2.21. The summed E-state index contributed by atoms with van der Waals surface area (Å²) in [5, 5.41) is 17.8. The van der Waals surface area contributed by atoms with E-state index < -0.39 is 0 Å². The molecule has 1 saturated carbocycles. The van der Waals surface area contributed by atoms with Crippen molar-refractivity contribution in [1.29, 1.82) is 0 Å². The number of benzene rings is 2. The zero-order chi connectivity index (χ0) is 26.2. The van der Waals surface area contributed by atoms with Crippen LogP contribution in [-0.4, -0.2) is 47.1 Å². The van der Waals surface area contributed by atoms with Gasteiger partial charge in [0, 0.05) is 48.9 Å². The van der Waals surface area contributed by atoms with Crippen LogP contribution in [-0.2, 0) is 4.79 Å². The van der Waals surface area contributed by atoms with Crippen LogP contribution in [0.2, 0.25) is 10.0 Å². The van der Waals surface area contributed by atoms with Gasteiger partial charge in [0.1, 0.15) is 5.75 Å². The number of carbonyl (C=O) groups excluding carboxylic acids is 1. The van der Waals surface area contributed by atoms with Crippen molar-refractivity contribution in [3.63, 3.8) is 0 Å². The molecule has 2 aromatic rings. The van der Waals surface area contributed by atoms with Crippen molar-refractivity contribution in [2.45, 2.75) is 75.4 Å². The largest absolute Gasteiger partial charge is 0.508 e. The summed E-state index contributed by atoms with van der Waals surface area (Å²) in [6, 6.07) is 12.8. The van der Waals surface area contributed by atoms with Crippen LogP contribution in [0.15, 0.2) is 42.5 Å². The molecule has 0 aromatic heterocycles. The molecule has 38 heavy (non-hydrogen) atoms. The average molecular weight is 555 g/mol. The molecule has 2 aromatic carbocycles. The zero-order valence-electron chi connectivity index (χ0n) is 21.7. The molecule has 0 spiro atoms. The molecule has 1 amide bonds. The smallest absolute Gasteiger partial charge is 0.244 e. The van der Waals surface area contributed by atoms with E-state index in [0.717, 1.165) is 30.9 Å². The Bertz CT molecular complexity index is 1200. The van der Waals surface area contributed by atoms with Crippen LogP contribution in [0.3, 0.4) is 0 Å². The molecule has 3 fully saturated rings. The number of anilines is 1. The zero-order valence-corrected chi connectivity index (χ0v) is 23.2. The number of phenols is 1. The number of halogens is 2. The number of piperidine rings is 1. The highest BCUT2D eigenvalue weighted by atomic mass is 35.5. The minimum absolute atomic E-state index is 0.0454. The second-order valence-corrected chi connectivity index (χ2v) is 12.6. The highest BCUT2D eigenvalue weighted by molar-refractivity contribution is 6.42. The maximum absolute atomic E-state index is 12.5. The second kappa shape index (κ2) is 11.1. The molecule has 3 N–H and O–H groups in total. The topological polar surface area (TPSA) is 64.6 Å². The summed E-state index contributed by atoms with van der Waals surface area (Å²) in [4.78, 5) is 15.3. The van der Waals surface area contributed by atoms with E-state index in [1.165, 1.54) is 56.3 Å². The van der Waals surface area contributed by atoms with Gasteiger partial charge in [0.2, 0.25) is 5.91 Å². The summed E-state index contributed by atoms with van der Waals surface area (Å²) in [5.74, 6) is 2.28. The monoisotopic (exact) mass is 553 g/mol. The lowest BCUT2D eigenvalue weighted by molar-refractivity contribution is -0.117. The Morgan fingerprint density at radius 1 is 1.00 bits per heavy atom. The first-order chi connectivity index (χ1) is 18.4. The first-order valence-corrected chi connectivity index (χ1v) is 14.9. The van der Waals surface area contributed by atoms with E-state index in [1.54, 1.807) is 30.4 Å². The number of fused-ring (bicyclic) bond motifs is 3. The summed E-state index contributed by atoms with van der Waals surface area (Å²) in [5.41, 5.74) is 3.38. The van der Waals surface area contributed by atoms with Gasteiger partial charge in [-0.25, -0.2) is 0 Å². The van der Waals surface area contributed by atoms with Crippen LogP contribution in [0.25, 0.3) is 6.08 Å². The lowest BCUT2D eigenvalue weighted by Gasteiger charge is -2.43. The van der Waals surface area contributed by atoms with Crippen LogP contribution in [0, 0.1) is 11.8 Å². The Labute approximate surface area is 235 Å². The number of aromatic hydroxyl groups is 1. The molecule has 3 heterocycles. The number of rotatable bonds is 6. The number of amides is 1. The molecule has 1 unspecified atom stereocenters. The number of hydrogen-bond acceptors (Lipinski definition) is 4. The van der Waals surface area contributed by atoms with E-state index >= 15 is 0 Å². The van der Waals surface area contributed by atoms with Crippen molar-refractivity contribution >= 4 is 40.9 Å². The van der Waals surface area contributed by atoms with Crippen LogP contribution in [0.5, 0.6) is 5.75 Å². The van der Waals surface area contributed by atoms with Gasteiger partial charge in [-0.15, -0.1) is 0 Å². The van der Waals surface area contributed by atoms with Gasteiger partial charge in [-0.3, -0.25) is 9.69 Å². The third kappa shape index (κ3) is 5.57. The van der Waals surface area contributed by atoms with Crippen molar-refractivity contribution in [2.24, 2.45) is 11.8 Å². The fourth-order valence-electron chi connectivity index (χ4n) is 7.54. The molecule has 4 atom stereocenters. The molecule has 2 bridgehead atoms. The minimum Gasteiger partial charge on any atom is -0.508 e. The van der Waals surface area contributed by atoms with Gasteiger partial charge in [0.25, 0.3) is 0 Å². The van der Waals surface area contributed by atoms with Gasteiger partial charge in [0.05, 0.1) is 10.0 Å². The summed E-state index contributed by atoms with van der Waals surface area (Å²) >= 11 is 12.0. The summed E-state index contributed by atoms with van der Waals surface area (Å²) in [6.45, 7) is 2.21. The average Bonchev–Trinajstić information content (AvgIpc) is 3.41. The molecule has 0 radical (unpaired) electrons. The van der Waals surface area contributed by atoms with Gasteiger partial charge in [0.15, 0.2) is 0 Å². The van der Waals surface area contributed by atoms with Crippen molar-refractivity contribution in [2.75, 3.05) is 18.4 Å².